The Hall–Kier alpha value is -0.810. The van der Waals surface area contributed by atoms with E-state index in [0.29, 0.717) is 18.3 Å². The Bertz CT molecular complexity index is 232. The van der Waals surface area contributed by atoms with Gasteiger partial charge in [0.2, 0.25) is 0 Å². The molecule has 1 unspecified atom stereocenters. The number of nitrogens with two attached hydrogens (primary N) is 1. The van der Waals surface area contributed by atoms with Gasteiger partial charge in [0.1, 0.15) is 5.84 Å². The van der Waals surface area contributed by atoms with Gasteiger partial charge in [0.25, 0.3) is 0 Å². The summed E-state index contributed by atoms with van der Waals surface area (Å²) in [4.78, 5) is 4.89. The molecule has 0 aromatic rings. The molecule has 1 fully saturated rings. The lowest BCUT2D eigenvalue weighted by atomic mass is 10.1. The molecule has 94 valence electrons. The normalized spacial score (nSPS) is 24.9. The maximum absolute atomic E-state index is 8.40. The summed E-state index contributed by atoms with van der Waals surface area (Å²) < 4.78 is 0. The molecular weight excluding hydrogens is 204 g/mol. The summed E-state index contributed by atoms with van der Waals surface area (Å²) in [6.07, 6.45) is 2.80. The number of piperazine rings is 1. The highest BCUT2D eigenvalue weighted by Crippen LogP contribution is 2.09. The molecule has 0 saturated carbocycles. The first-order valence-corrected chi connectivity index (χ1v) is 6.02. The van der Waals surface area contributed by atoms with Gasteiger partial charge in [-0.3, -0.25) is 4.90 Å². The van der Waals surface area contributed by atoms with Crippen LogP contribution in [-0.2, 0) is 0 Å². The molecule has 1 aliphatic heterocycles. The van der Waals surface area contributed by atoms with Crippen LogP contribution in [-0.4, -0.2) is 60.1 Å². The van der Waals surface area contributed by atoms with Crippen LogP contribution < -0.4 is 5.73 Å². The van der Waals surface area contributed by atoms with Gasteiger partial charge in [-0.25, -0.2) is 0 Å². The van der Waals surface area contributed by atoms with E-state index in [9.17, 15) is 0 Å². The van der Waals surface area contributed by atoms with Crippen LogP contribution in [0.4, 0.5) is 0 Å². The topological polar surface area (TPSA) is 65.1 Å². The lowest BCUT2D eigenvalue weighted by molar-refractivity contribution is 0.0987. The highest BCUT2D eigenvalue weighted by Gasteiger charge is 2.20. The van der Waals surface area contributed by atoms with E-state index in [4.69, 9.17) is 10.9 Å². The Labute approximate surface area is 97.9 Å². The molecule has 5 nitrogen and oxygen atoms in total. The second-order valence-corrected chi connectivity index (χ2v) is 4.70. The van der Waals surface area contributed by atoms with Crippen molar-refractivity contribution in [3.05, 3.63) is 0 Å². The summed E-state index contributed by atoms with van der Waals surface area (Å²) in [6.45, 7) is 6.86. The van der Waals surface area contributed by atoms with Gasteiger partial charge < -0.3 is 15.8 Å². The molecule has 0 radical (unpaired) electrons. The Kier molecular flexibility index (Phi) is 5.55. The van der Waals surface area contributed by atoms with E-state index in [2.05, 4.69) is 28.9 Å². The second kappa shape index (κ2) is 6.70. The maximum atomic E-state index is 8.40. The molecule has 16 heavy (non-hydrogen) atoms. The molecule has 0 aromatic heterocycles. The molecule has 1 heterocycles. The zero-order valence-corrected chi connectivity index (χ0v) is 10.4. The first kappa shape index (κ1) is 13.3. The Morgan fingerprint density at radius 1 is 1.44 bits per heavy atom. The lowest BCUT2D eigenvalue weighted by Gasteiger charge is -2.38. The van der Waals surface area contributed by atoms with Gasteiger partial charge in [0.15, 0.2) is 0 Å². The average Bonchev–Trinajstić information content (AvgIpc) is 2.26. The number of nitrogens with zero attached hydrogens (tertiary/aromatic N) is 3. The molecule has 5 heteroatoms. The lowest BCUT2D eigenvalue weighted by Crippen LogP contribution is -2.50. The van der Waals surface area contributed by atoms with Crippen molar-refractivity contribution in [2.24, 2.45) is 10.9 Å². The van der Waals surface area contributed by atoms with Crippen molar-refractivity contribution >= 4 is 5.84 Å². The molecule has 1 saturated heterocycles. The fraction of sp³-hybridized carbons (Fsp3) is 0.909. The number of hydrogen-bond acceptors (Lipinski definition) is 4. The monoisotopic (exact) mass is 228 g/mol. The third-order valence-corrected chi connectivity index (χ3v) is 3.22. The Morgan fingerprint density at radius 2 is 2.19 bits per heavy atom. The summed E-state index contributed by atoms with van der Waals surface area (Å²) in [5.41, 5.74) is 5.42. The zero-order valence-electron chi connectivity index (χ0n) is 10.4. The summed E-state index contributed by atoms with van der Waals surface area (Å²) in [5.74, 6) is 0.339. The van der Waals surface area contributed by atoms with Crippen LogP contribution >= 0.6 is 0 Å². The molecule has 1 atom stereocenters. The maximum Gasteiger partial charge on any atom is 0.139 e. The largest absolute Gasteiger partial charge is 0.409 e. The SMILES string of the molecule is CC1CN(C)CCN1CCCCC(N)=NO. The van der Waals surface area contributed by atoms with Crippen molar-refractivity contribution in [2.75, 3.05) is 33.2 Å². The highest BCUT2D eigenvalue weighted by molar-refractivity contribution is 5.79. The van der Waals surface area contributed by atoms with Crippen LogP contribution in [0, 0.1) is 0 Å². The molecular formula is C11H24N4O. The van der Waals surface area contributed by atoms with E-state index < -0.39 is 0 Å². The number of unbranched alkanes of at least 4 members (excludes halogenated alkanes) is 1. The van der Waals surface area contributed by atoms with Crippen molar-refractivity contribution < 1.29 is 5.21 Å². The van der Waals surface area contributed by atoms with Crippen LogP contribution in [0.1, 0.15) is 26.2 Å². The standard InChI is InChI=1S/C11H24N4O/c1-10-9-14(2)7-8-15(10)6-4-3-5-11(12)13-16/h10,16H,3-9H2,1-2H3,(H2,12,13). The number of amidine groups is 1. The third-order valence-electron chi connectivity index (χ3n) is 3.22. The molecule has 0 aromatic carbocycles. The van der Waals surface area contributed by atoms with Gasteiger partial charge in [-0.1, -0.05) is 5.16 Å². The van der Waals surface area contributed by atoms with Crippen molar-refractivity contribution in [3.8, 4) is 0 Å². The molecule has 0 spiro atoms. The minimum Gasteiger partial charge on any atom is -0.409 e. The van der Waals surface area contributed by atoms with Crippen LogP contribution in [0.2, 0.25) is 0 Å². The van der Waals surface area contributed by atoms with Crippen LogP contribution in [0.3, 0.4) is 0 Å². The number of likely N-dealkylation sites (N-methyl/N-ethyl adjacent to an activating group) is 1. The Morgan fingerprint density at radius 3 is 2.81 bits per heavy atom. The quantitative estimate of drug-likeness (QED) is 0.237. The number of rotatable bonds is 5. The number of oxime groups is 1. The molecule has 0 aliphatic carbocycles. The predicted molar refractivity (Wildman–Crippen MR) is 65.8 cm³/mol. The minimum atomic E-state index is 0.339. The molecule has 1 aliphatic rings. The third kappa shape index (κ3) is 4.37. The zero-order chi connectivity index (χ0) is 12.0. The molecule has 0 bridgehead atoms. The smallest absolute Gasteiger partial charge is 0.139 e. The van der Waals surface area contributed by atoms with E-state index in [0.717, 1.165) is 39.0 Å². The molecule has 1 rings (SSSR count). The fourth-order valence-corrected chi connectivity index (χ4v) is 2.18. The predicted octanol–water partition coefficient (Wildman–Crippen LogP) is 0.539. The molecule has 3 N–H and O–H groups in total. The summed E-state index contributed by atoms with van der Waals surface area (Å²) in [6, 6.07) is 0.641. The van der Waals surface area contributed by atoms with Crippen molar-refractivity contribution in [2.45, 2.75) is 32.2 Å². The first-order chi connectivity index (χ1) is 7.63. The van der Waals surface area contributed by atoms with Gasteiger partial charge in [-0.2, -0.15) is 0 Å². The second-order valence-electron chi connectivity index (χ2n) is 4.70. The van der Waals surface area contributed by atoms with E-state index in [1.54, 1.807) is 0 Å². The summed E-state index contributed by atoms with van der Waals surface area (Å²) in [5, 5.41) is 11.4. The van der Waals surface area contributed by atoms with E-state index in [-0.39, 0.29) is 0 Å². The highest BCUT2D eigenvalue weighted by atomic mass is 16.4. The average molecular weight is 228 g/mol. The van der Waals surface area contributed by atoms with Gasteiger partial charge >= 0.3 is 0 Å². The van der Waals surface area contributed by atoms with Gasteiger partial charge in [0, 0.05) is 32.1 Å². The van der Waals surface area contributed by atoms with Crippen LogP contribution in [0.5, 0.6) is 0 Å². The minimum absolute atomic E-state index is 0.339. The summed E-state index contributed by atoms with van der Waals surface area (Å²) >= 11 is 0. The van der Waals surface area contributed by atoms with Gasteiger partial charge in [-0.05, 0) is 33.4 Å². The van der Waals surface area contributed by atoms with Crippen LogP contribution in [0.25, 0.3) is 0 Å². The van der Waals surface area contributed by atoms with Crippen molar-refractivity contribution in [1.82, 2.24) is 9.80 Å². The van der Waals surface area contributed by atoms with Gasteiger partial charge in [0.05, 0.1) is 0 Å². The van der Waals surface area contributed by atoms with E-state index in [1.807, 2.05) is 0 Å². The fourth-order valence-electron chi connectivity index (χ4n) is 2.18. The van der Waals surface area contributed by atoms with Gasteiger partial charge in [-0.15, -0.1) is 0 Å². The molecule has 0 amide bonds. The summed E-state index contributed by atoms with van der Waals surface area (Å²) in [7, 11) is 2.17. The van der Waals surface area contributed by atoms with Crippen LogP contribution in [0.15, 0.2) is 5.16 Å². The number of hydrogen-bond donors (Lipinski definition) is 2. The Balaban J connectivity index is 2.13. The first-order valence-electron chi connectivity index (χ1n) is 6.02. The van der Waals surface area contributed by atoms with Crippen molar-refractivity contribution in [3.63, 3.8) is 0 Å². The van der Waals surface area contributed by atoms with E-state index >= 15 is 0 Å². The van der Waals surface area contributed by atoms with E-state index in [1.165, 1.54) is 0 Å². The van der Waals surface area contributed by atoms with Crippen molar-refractivity contribution in [1.29, 1.82) is 0 Å².